The van der Waals surface area contributed by atoms with E-state index in [1.165, 1.54) is 81.7 Å². The lowest BCUT2D eigenvalue weighted by molar-refractivity contribution is 1.07. The van der Waals surface area contributed by atoms with Gasteiger partial charge in [-0.2, -0.15) is 0 Å². The molecule has 29 rings (SSSR count). The van der Waals surface area contributed by atoms with Crippen molar-refractivity contribution in [2.45, 2.75) is 0 Å². The highest BCUT2D eigenvalue weighted by molar-refractivity contribution is 6.14. The summed E-state index contributed by atoms with van der Waals surface area (Å²) >= 11 is 0. The number of aromatic nitrogens is 12. The molecule has 23 aromatic carbocycles. The second-order valence-corrected chi connectivity index (χ2v) is 37.1. The van der Waals surface area contributed by atoms with Crippen LogP contribution < -0.4 is 0 Å². The van der Waals surface area contributed by atoms with Gasteiger partial charge in [-0.25, -0.2) is 44.9 Å². The Morgan fingerprint density at radius 2 is 0.354 bits per heavy atom. The molecule has 29 aromatic rings. The van der Waals surface area contributed by atoms with Crippen LogP contribution in [0.5, 0.6) is 0 Å². The van der Waals surface area contributed by atoms with Crippen molar-refractivity contribution in [1.82, 2.24) is 58.6 Å². The van der Waals surface area contributed by atoms with Gasteiger partial charge in [0.25, 0.3) is 0 Å². The van der Waals surface area contributed by atoms with E-state index in [0.29, 0.717) is 52.4 Å². The maximum atomic E-state index is 5.17. The standard InChI is InChI=1S/C47H30N4.C45H28N4.C43H28N4/c1-2-12-31(13-3-1)34-16-10-18-36(28-34)45-48-46(37-25-24-32-14-4-5-15-33(32)29-37)50-47(49-45)42-21-11-17-35-30-38(26-27-39(35)42)51-43-22-8-6-19-40(43)41-20-7-9-23-44(41)51;1-3-11-31-25-35(20-17-29(31)9-1)43-46-44(36-21-18-30-10-2-4-12-32(30)26-36)48-45(47-43)37-22-19-34-28-38(24-23-33(34)27-37)49-41-15-7-5-13-39(41)40-14-6-8-16-42(40)49;1-4-14-29(15-5-1)32-24-25-37-36-22-12-13-23-39(36)47(40(37)27-32)34-26-33-20-10-11-21-35(33)38(28-34)43-45-41(30-16-6-2-7-17-30)44-42(46-43)31-18-8-3-9-19-31/h1-30H;1-28H;1-28H. The molecule has 0 bridgehead atoms. The first kappa shape index (κ1) is 86.2. The quantitative estimate of drug-likeness (QED) is 0.104. The van der Waals surface area contributed by atoms with Crippen molar-refractivity contribution in [3.63, 3.8) is 0 Å². The molecule has 0 fully saturated rings. The number of para-hydroxylation sites is 5. The molecule has 0 radical (unpaired) electrons. The maximum absolute atomic E-state index is 5.17. The monoisotopic (exact) mass is 1870 g/mol. The fourth-order valence-corrected chi connectivity index (χ4v) is 21.1. The predicted octanol–water partition coefficient (Wildman–Crippen LogP) is 34.2. The molecule has 0 saturated heterocycles. The summed E-state index contributed by atoms with van der Waals surface area (Å²) in [6.45, 7) is 0. The van der Waals surface area contributed by atoms with Crippen LogP contribution in [-0.2, 0) is 0 Å². The summed E-state index contributed by atoms with van der Waals surface area (Å²) in [6, 6.07) is 183. The molecule has 6 aromatic heterocycles. The van der Waals surface area contributed by atoms with E-state index < -0.39 is 0 Å². The highest BCUT2D eigenvalue weighted by atomic mass is 15.1. The number of fused-ring (bicyclic) bond motifs is 15. The second kappa shape index (κ2) is 36.9. The van der Waals surface area contributed by atoms with Crippen LogP contribution >= 0.6 is 0 Å². The lowest BCUT2D eigenvalue weighted by Gasteiger charge is -2.15. The fourth-order valence-electron chi connectivity index (χ4n) is 21.1. The van der Waals surface area contributed by atoms with Crippen LogP contribution in [0.4, 0.5) is 0 Å². The van der Waals surface area contributed by atoms with Gasteiger partial charge in [-0.15, -0.1) is 0 Å². The zero-order valence-corrected chi connectivity index (χ0v) is 79.5. The molecule has 0 unspecified atom stereocenters. The van der Waals surface area contributed by atoms with Gasteiger partial charge in [0.1, 0.15) is 0 Å². The van der Waals surface area contributed by atoms with Crippen molar-refractivity contribution in [2.24, 2.45) is 0 Å². The Balaban J connectivity index is 0.000000109. The summed E-state index contributed by atoms with van der Waals surface area (Å²) in [6.07, 6.45) is 0. The van der Waals surface area contributed by atoms with Gasteiger partial charge in [0.2, 0.25) is 0 Å². The molecule has 0 aliphatic carbocycles. The van der Waals surface area contributed by atoms with Gasteiger partial charge in [-0.3, -0.25) is 0 Å². The molecule has 6 heterocycles. The molecular formula is C135H86N12. The zero-order valence-electron chi connectivity index (χ0n) is 79.5. The van der Waals surface area contributed by atoms with Gasteiger partial charge in [0, 0.05) is 99.5 Å². The molecule has 0 aliphatic heterocycles. The Kier molecular flexibility index (Phi) is 21.6. The van der Waals surface area contributed by atoms with Crippen molar-refractivity contribution >= 4 is 130 Å². The molecular weight excluding hydrogens is 1790 g/mol. The zero-order chi connectivity index (χ0) is 97.2. The topological polar surface area (TPSA) is 131 Å². The highest BCUT2D eigenvalue weighted by Crippen LogP contribution is 2.44. The van der Waals surface area contributed by atoms with E-state index in [4.69, 9.17) is 44.9 Å². The Hall–Kier alpha value is -20.0. The second-order valence-electron chi connectivity index (χ2n) is 37.1. The van der Waals surface area contributed by atoms with E-state index in [9.17, 15) is 0 Å². The van der Waals surface area contributed by atoms with Gasteiger partial charge >= 0.3 is 0 Å². The predicted molar refractivity (Wildman–Crippen MR) is 607 cm³/mol. The largest absolute Gasteiger partial charge is 0.309 e. The summed E-state index contributed by atoms with van der Waals surface area (Å²) in [7, 11) is 0. The third kappa shape index (κ3) is 16.2. The summed E-state index contributed by atoms with van der Waals surface area (Å²) < 4.78 is 7.09. The average molecular weight is 1880 g/mol. The van der Waals surface area contributed by atoms with Crippen LogP contribution in [0, 0.1) is 0 Å². The molecule has 0 amide bonds. The normalized spacial score (nSPS) is 11.5. The molecule has 0 N–H and O–H groups in total. The average Bonchev–Trinajstić information content (AvgIpc) is 1.59. The molecule has 0 atom stereocenters. The van der Waals surface area contributed by atoms with Crippen LogP contribution in [0.25, 0.3) is 272 Å². The first-order valence-corrected chi connectivity index (χ1v) is 49.5. The fraction of sp³-hybridized carbons (Fsp3) is 0. The molecule has 0 aliphatic rings. The summed E-state index contributed by atoms with van der Waals surface area (Å²) in [5, 5.41) is 21.1. The third-order valence-corrected chi connectivity index (χ3v) is 28.2. The molecule has 0 spiro atoms. The van der Waals surface area contributed by atoms with Gasteiger partial charge in [-0.1, -0.05) is 419 Å². The molecule has 12 nitrogen and oxygen atoms in total. The maximum Gasteiger partial charge on any atom is 0.164 e. The SMILES string of the molecule is c1ccc(-c2ccc3c4ccccc4n(-c4cc(-c5nc(-c6ccccc6)nc(-c6ccccc6)n5)c5ccccc5c4)c3c2)cc1.c1ccc(-c2cccc(-c3nc(-c4ccc5ccccc5c4)nc(-c4cccc5cc(-n6c7ccccc7c7ccccc76)ccc45)n3)c2)cc1.c1ccc2cc(-c3nc(-c4ccc5ccccc5c4)nc(-c4ccc5cc(-n6c7ccccc7c7ccccc76)ccc5c4)n3)ccc2c1. The first-order chi connectivity index (χ1) is 72.8. The number of rotatable bonds is 14. The van der Waals surface area contributed by atoms with Crippen molar-refractivity contribution in [3.05, 3.63) is 522 Å². The lowest BCUT2D eigenvalue weighted by atomic mass is 10.0. The number of nitrogens with zero attached hydrogens (tertiary/aromatic N) is 12. The number of benzene rings is 23. The highest BCUT2D eigenvalue weighted by Gasteiger charge is 2.24. The summed E-state index contributed by atoms with van der Waals surface area (Å²) in [5.41, 5.74) is 23.6. The van der Waals surface area contributed by atoms with E-state index >= 15 is 0 Å². The Morgan fingerprint density at radius 3 is 0.789 bits per heavy atom. The minimum Gasteiger partial charge on any atom is -0.309 e. The number of hydrogen-bond donors (Lipinski definition) is 0. The Labute approximate surface area is 846 Å². The minimum absolute atomic E-state index is 0.639. The van der Waals surface area contributed by atoms with E-state index in [1.54, 1.807) is 0 Å². The number of hydrogen-bond acceptors (Lipinski definition) is 9. The Morgan fingerprint density at radius 1 is 0.109 bits per heavy atom. The van der Waals surface area contributed by atoms with Gasteiger partial charge in [-0.05, 0) is 190 Å². The van der Waals surface area contributed by atoms with Crippen LogP contribution in [0.3, 0.4) is 0 Å². The molecule has 147 heavy (non-hydrogen) atoms. The first-order valence-electron chi connectivity index (χ1n) is 49.5. The summed E-state index contributed by atoms with van der Waals surface area (Å²) in [4.78, 5) is 45.8. The van der Waals surface area contributed by atoms with Crippen molar-refractivity contribution in [1.29, 1.82) is 0 Å². The van der Waals surface area contributed by atoms with E-state index in [0.717, 1.165) is 138 Å². The summed E-state index contributed by atoms with van der Waals surface area (Å²) in [5.74, 6) is 5.81. The van der Waals surface area contributed by atoms with E-state index in [2.05, 4.69) is 469 Å². The minimum atomic E-state index is 0.639. The molecule has 12 heteroatoms. The van der Waals surface area contributed by atoms with E-state index in [-0.39, 0.29) is 0 Å². The van der Waals surface area contributed by atoms with Crippen molar-refractivity contribution < 1.29 is 0 Å². The molecule has 686 valence electrons. The van der Waals surface area contributed by atoms with Gasteiger partial charge < -0.3 is 13.7 Å². The third-order valence-electron chi connectivity index (χ3n) is 28.2. The van der Waals surface area contributed by atoms with Crippen LogP contribution in [0.2, 0.25) is 0 Å². The van der Waals surface area contributed by atoms with E-state index in [1.807, 2.05) is 66.7 Å². The Bertz CT molecular complexity index is 9960. The van der Waals surface area contributed by atoms with Crippen molar-refractivity contribution in [3.8, 4) is 142 Å². The van der Waals surface area contributed by atoms with Crippen LogP contribution in [-0.4, -0.2) is 58.6 Å². The lowest BCUT2D eigenvalue weighted by Crippen LogP contribution is -2.02. The smallest absolute Gasteiger partial charge is 0.164 e. The van der Waals surface area contributed by atoms with Crippen LogP contribution in [0.15, 0.2) is 522 Å². The van der Waals surface area contributed by atoms with Crippen LogP contribution in [0.1, 0.15) is 0 Å². The van der Waals surface area contributed by atoms with Gasteiger partial charge in [0.15, 0.2) is 52.4 Å². The molecule has 0 saturated carbocycles. The van der Waals surface area contributed by atoms with Crippen molar-refractivity contribution in [2.75, 3.05) is 0 Å². The van der Waals surface area contributed by atoms with Gasteiger partial charge in [0.05, 0.1) is 33.1 Å².